The number of hydrogen-bond donors (Lipinski definition) is 0. The first-order chi connectivity index (χ1) is 3.31. The van der Waals surface area contributed by atoms with E-state index >= 15 is 0 Å². The van der Waals surface area contributed by atoms with E-state index in [1.165, 1.54) is 14.2 Å². The summed E-state index contributed by atoms with van der Waals surface area (Å²) in [7, 11) is 2.76. The number of ether oxygens (including phenoxy) is 2. The van der Waals surface area contributed by atoms with Crippen LogP contribution in [0.3, 0.4) is 0 Å². The van der Waals surface area contributed by atoms with Gasteiger partial charge in [-0.25, -0.2) is 4.79 Å². The average Bonchev–Trinajstić information content (AvgIpc) is 1.68. The van der Waals surface area contributed by atoms with Gasteiger partial charge < -0.3 is 9.47 Å². The summed E-state index contributed by atoms with van der Waals surface area (Å²) in [5.41, 5.74) is 0. The Bertz CT molecular complexity index is 64.3. The average molecular weight is 128 g/mol. The van der Waals surface area contributed by atoms with E-state index in [9.17, 15) is 4.79 Å². The summed E-state index contributed by atoms with van der Waals surface area (Å²) < 4.78 is 8.65. The molecule has 0 amide bonds. The molecule has 0 aliphatic rings. The summed E-state index contributed by atoms with van der Waals surface area (Å²) in [4.78, 5) is 10.1. The zero-order chi connectivity index (χ0) is 5.70. The van der Waals surface area contributed by atoms with Crippen molar-refractivity contribution < 1.29 is 14.3 Å². The molecule has 0 aliphatic heterocycles. The van der Waals surface area contributed by atoms with Crippen LogP contribution in [0.25, 0.3) is 0 Å². The van der Waals surface area contributed by atoms with Gasteiger partial charge in [-0.15, -0.1) is 0 Å². The van der Waals surface area contributed by atoms with Crippen molar-refractivity contribution in [2.45, 2.75) is 0 Å². The van der Waals surface area contributed by atoms with Crippen LogP contribution in [0.4, 0.5) is 0 Å². The maximum absolute atomic E-state index is 10.1. The second kappa shape index (κ2) is 7.43. The molecular formula is C4H9NaO3. The van der Waals surface area contributed by atoms with Crippen LogP contribution < -0.4 is 0 Å². The van der Waals surface area contributed by atoms with E-state index < -0.39 is 0 Å². The van der Waals surface area contributed by atoms with Crippen LogP contribution in [0.1, 0.15) is 0 Å². The Morgan fingerprint density at radius 3 is 2.12 bits per heavy atom. The second-order valence-corrected chi connectivity index (χ2v) is 1.01. The quantitative estimate of drug-likeness (QED) is 0.359. The number of hydrogen-bond acceptors (Lipinski definition) is 3. The predicted octanol–water partition coefficient (Wildman–Crippen LogP) is -0.843. The van der Waals surface area contributed by atoms with Gasteiger partial charge in [0.1, 0.15) is 6.61 Å². The molecule has 0 atom stereocenters. The van der Waals surface area contributed by atoms with Crippen molar-refractivity contribution >= 4 is 35.5 Å². The van der Waals surface area contributed by atoms with Crippen molar-refractivity contribution in [1.29, 1.82) is 0 Å². The molecule has 0 aliphatic carbocycles. The summed E-state index contributed by atoms with van der Waals surface area (Å²) in [6, 6.07) is 0. The Balaban J connectivity index is 0. The molecule has 0 aromatic heterocycles. The van der Waals surface area contributed by atoms with Crippen LogP contribution in [-0.4, -0.2) is 56.4 Å². The van der Waals surface area contributed by atoms with Crippen molar-refractivity contribution in [3.63, 3.8) is 0 Å². The Hall–Kier alpha value is 0.430. The molecule has 0 aromatic carbocycles. The first kappa shape index (κ1) is 11.3. The fourth-order valence-electron chi connectivity index (χ4n) is 0.177. The van der Waals surface area contributed by atoms with E-state index in [0.717, 1.165) is 0 Å². The van der Waals surface area contributed by atoms with Crippen LogP contribution in [0, 0.1) is 0 Å². The summed E-state index contributed by atoms with van der Waals surface area (Å²) >= 11 is 0. The topological polar surface area (TPSA) is 35.5 Å². The van der Waals surface area contributed by atoms with Gasteiger partial charge in [-0.1, -0.05) is 0 Å². The van der Waals surface area contributed by atoms with E-state index in [4.69, 9.17) is 0 Å². The van der Waals surface area contributed by atoms with E-state index in [2.05, 4.69) is 9.47 Å². The van der Waals surface area contributed by atoms with Gasteiger partial charge in [-0.05, 0) is 0 Å². The summed E-state index contributed by atoms with van der Waals surface area (Å²) in [5.74, 6) is -0.345. The van der Waals surface area contributed by atoms with Crippen LogP contribution in [0.15, 0.2) is 0 Å². The van der Waals surface area contributed by atoms with Gasteiger partial charge in [0.25, 0.3) is 0 Å². The van der Waals surface area contributed by atoms with Gasteiger partial charge >= 0.3 is 35.5 Å². The SMILES string of the molecule is COCC(=O)OC.[NaH]. The Morgan fingerprint density at radius 2 is 2.00 bits per heavy atom. The van der Waals surface area contributed by atoms with Gasteiger partial charge in [-0.2, -0.15) is 0 Å². The molecule has 0 saturated carbocycles. The molecule has 0 spiro atoms. The van der Waals surface area contributed by atoms with E-state index in [1.807, 2.05) is 0 Å². The number of methoxy groups -OCH3 is 2. The molecule has 0 radical (unpaired) electrons. The van der Waals surface area contributed by atoms with Crippen LogP contribution in [0.5, 0.6) is 0 Å². The molecule has 0 rings (SSSR count). The van der Waals surface area contributed by atoms with Gasteiger partial charge in [0.2, 0.25) is 0 Å². The molecule has 0 unspecified atom stereocenters. The fourth-order valence-corrected chi connectivity index (χ4v) is 0.177. The van der Waals surface area contributed by atoms with E-state index in [1.54, 1.807) is 0 Å². The predicted molar refractivity (Wildman–Crippen MR) is 31.0 cm³/mol. The minimum absolute atomic E-state index is 0. The Morgan fingerprint density at radius 1 is 1.50 bits per heavy atom. The molecule has 4 heteroatoms. The van der Waals surface area contributed by atoms with Crippen molar-refractivity contribution in [3.8, 4) is 0 Å². The number of rotatable bonds is 2. The number of esters is 1. The molecule has 0 bridgehead atoms. The van der Waals surface area contributed by atoms with Crippen molar-refractivity contribution in [2.75, 3.05) is 20.8 Å². The molecule has 0 aromatic rings. The third-order valence-electron chi connectivity index (χ3n) is 0.490. The summed E-state index contributed by atoms with van der Waals surface area (Å²) in [6.45, 7) is 0.0382. The molecule has 8 heavy (non-hydrogen) atoms. The van der Waals surface area contributed by atoms with Gasteiger partial charge in [-0.3, -0.25) is 0 Å². The first-order valence-electron chi connectivity index (χ1n) is 1.87. The fraction of sp³-hybridized carbons (Fsp3) is 0.750. The van der Waals surface area contributed by atoms with Crippen LogP contribution >= 0.6 is 0 Å². The maximum atomic E-state index is 10.1. The van der Waals surface area contributed by atoms with Gasteiger partial charge in [0.15, 0.2) is 0 Å². The zero-order valence-corrected chi connectivity index (χ0v) is 4.43. The van der Waals surface area contributed by atoms with E-state index in [0.29, 0.717) is 0 Å². The van der Waals surface area contributed by atoms with Crippen LogP contribution in [-0.2, 0) is 14.3 Å². The second-order valence-electron chi connectivity index (χ2n) is 1.01. The number of carbonyl (C=O) groups excluding carboxylic acids is 1. The molecule has 0 saturated heterocycles. The summed E-state index contributed by atoms with van der Waals surface area (Å²) in [5, 5.41) is 0. The first-order valence-corrected chi connectivity index (χ1v) is 1.87. The Labute approximate surface area is 70.6 Å². The van der Waals surface area contributed by atoms with Crippen molar-refractivity contribution in [1.82, 2.24) is 0 Å². The third kappa shape index (κ3) is 6.43. The van der Waals surface area contributed by atoms with E-state index in [-0.39, 0.29) is 42.1 Å². The number of carbonyl (C=O) groups is 1. The molecule has 0 fully saturated rings. The zero-order valence-electron chi connectivity index (χ0n) is 4.43. The monoisotopic (exact) mass is 128 g/mol. The Kier molecular flexibility index (Phi) is 10.5. The minimum atomic E-state index is -0.345. The van der Waals surface area contributed by atoms with Crippen molar-refractivity contribution in [2.24, 2.45) is 0 Å². The van der Waals surface area contributed by atoms with Gasteiger partial charge in [0.05, 0.1) is 7.11 Å². The summed E-state index contributed by atoms with van der Waals surface area (Å²) in [6.07, 6.45) is 0. The third-order valence-corrected chi connectivity index (χ3v) is 0.490. The molecular weight excluding hydrogens is 119 g/mol. The molecule has 0 heterocycles. The van der Waals surface area contributed by atoms with Crippen LogP contribution in [0.2, 0.25) is 0 Å². The standard InChI is InChI=1S/C4H8O3.Na.H/c1-6-3-4(5)7-2;;/h3H2,1-2H3;;. The normalized spacial score (nSPS) is 7.25. The molecule has 0 N–H and O–H groups in total. The molecule has 44 valence electrons. The van der Waals surface area contributed by atoms with Crippen molar-refractivity contribution in [3.05, 3.63) is 0 Å². The molecule has 3 nitrogen and oxygen atoms in total. The van der Waals surface area contributed by atoms with Gasteiger partial charge in [0, 0.05) is 7.11 Å².